The fraction of sp³-hybridized carbons (Fsp3) is 0.0625. The van der Waals surface area contributed by atoms with E-state index in [9.17, 15) is 4.39 Å². The summed E-state index contributed by atoms with van der Waals surface area (Å²) in [5, 5.41) is 12.1. The minimum absolute atomic E-state index is 0.259. The normalized spacial score (nSPS) is 11.2. The van der Waals surface area contributed by atoms with Crippen molar-refractivity contribution in [3.63, 3.8) is 0 Å². The molecule has 0 aliphatic rings. The lowest BCUT2D eigenvalue weighted by Crippen LogP contribution is -2.02. The van der Waals surface area contributed by atoms with Crippen LogP contribution in [0.3, 0.4) is 0 Å². The van der Waals surface area contributed by atoms with Gasteiger partial charge in [-0.15, -0.1) is 10.2 Å². The van der Waals surface area contributed by atoms with Crippen LogP contribution in [-0.4, -0.2) is 19.6 Å². The average Bonchev–Trinajstić information content (AvgIpc) is 3.01. The fourth-order valence-corrected chi connectivity index (χ4v) is 2.39. The number of halogens is 1. The quantitative estimate of drug-likeness (QED) is 0.615. The maximum atomic E-state index is 13.7. The highest BCUT2D eigenvalue weighted by Crippen LogP contribution is 2.23. The number of nitrogens with one attached hydrogen (secondary N) is 1. The van der Waals surface area contributed by atoms with Crippen LogP contribution in [0.4, 0.5) is 16.0 Å². The van der Waals surface area contributed by atoms with Crippen LogP contribution in [0.2, 0.25) is 0 Å². The van der Waals surface area contributed by atoms with Crippen LogP contribution in [0.5, 0.6) is 0 Å². The monoisotopic (exact) mass is 293 g/mol. The van der Waals surface area contributed by atoms with Gasteiger partial charge in [0.2, 0.25) is 5.95 Å². The second-order valence-corrected chi connectivity index (χ2v) is 5.07. The lowest BCUT2D eigenvalue weighted by atomic mass is 10.2. The number of aromatic nitrogens is 4. The molecule has 2 aromatic heterocycles. The van der Waals surface area contributed by atoms with Crippen molar-refractivity contribution in [3.8, 4) is 0 Å². The van der Waals surface area contributed by atoms with E-state index in [-0.39, 0.29) is 5.82 Å². The molecule has 1 N–H and O–H groups in total. The number of fused-ring (bicyclic) bond motifs is 3. The first-order valence-corrected chi connectivity index (χ1v) is 6.84. The molecule has 0 fully saturated rings. The van der Waals surface area contributed by atoms with Gasteiger partial charge in [0.05, 0.1) is 5.52 Å². The van der Waals surface area contributed by atoms with E-state index in [2.05, 4.69) is 20.5 Å². The molecule has 2 heterocycles. The summed E-state index contributed by atoms with van der Waals surface area (Å²) < 4.78 is 15.4. The number of benzene rings is 2. The molecule has 6 heteroatoms. The summed E-state index contributed by atoms with van der Waals surface area (Å²) in [4.78, 5) is 4.57. The third kappa shape index (κ3) is 1.96. The summed E-state index contributed by atoms with van der Waals surface area (Å²) in [6.07, 6.45) is 1.58. The van der Waals surface area contributed by atoms with Crippen molar-refractivity contribution in [2.75, 3.05) is 5.32 Å². The topological polar surface area (TPSA) is 55.1 Å². The standard InChI is InChI=1S/C16H12FN5/c1-10-6-7-11(8-13(10)17)19-16-20-14-5-3-2-4-12(14)15-21-18-9-22(15)16/h2-9H,1H3,(H,19,20). The van der Waals surface area contributed by atoms with E-state index in [1.54, 1.807) is 23.7 Å². The maximum absolute atomic E-state index is 13.7. The highest BCUT2D eigenvalue weighted by atomic mass is 19.1. The minimum atomic E-state index is -0.259. The van der Waals surface area contributed by atoms with Gasteiger partial charge in [0.25, 0.3) is 0 Å². The number of hydrogen-bond donors (Lipinski definition) is 1. The summed E-state index contributed by atoms with van der Waals surface area (Å²) in [7, 11) is 0. The molecule has 0 bridgehead atoms. The molecular formula is C16H12FN5. The Morgan fingerprint density at radius 2 is 2.00 bits per heavy atom. The molecular weight excluding hydrogens is 281 g/mol. The third-order valence-electron chi connectivity index (χ3n) is 3.58. The molecule has 0 spiro atoms. The molecule has 108 valence electrons. The van der Waals surface area contributed by atoms with Crippen molar-refractivity contribution in [1.82, 2.24) is 19.6 Å². The van der Waals surface area contributed by atoms with Gasteiger partial charge in [0.1, 0.15) is 12.1 Å². The van der Waals surface area contributed by atoms with Gasteiger partial charge in [-0.3, -0.25) is 4.40 Å². The third-order valence-corrected chi connectivity index (χ3v) is 3.58. The number of rotatable bonds is 2. The molecule has 4 rings (SSSR count). The highest BCUT2D eigenvalue weighted by Gasteiger charge is 2.10. The number of anilines is 2. The largest absolute Gasteiger partial charge is 0.325 e. The Kier molecular flexibility index (Phi) is 2.75. The SMILES string of the molecule is Cc1ccc(Nc2nc3ccccc3c3nncn23)cc1F. The summed E-state index contributed by atoms with van der Waals surface area (Å²) >= 11 is 0. The van der Waals surface area contributed by atoms with Crippen molar-refractivity contribution in [1.29, 1.82) is 0 Å². The molecule has 22 heavy (non-hydrogen) atoms. The number of hydrogen-bond acceptors (Lipinski definition) is 4. The molecule has 0 aliphatic carbocycles. The van der Waals surface area contributed by atoms with E-state index in [1.165, 1.54) is 6.07 Å². The molecule has 0 amide bonds. The lowest BCUT2D eigenvalue weighted by molar-refractivity contribution is 0.619. The minimum Gasteiger partial charge on any atom is -0.325 e. The Labute approximate surface area is 125 Å². The first-order valence-electron chi connectivity index (χ1n) is 6.84. The van der Waals surface area contributed by atoms with Crippen LogP contribution in [-0.2, 0) is 0 Å². The van der Waals surface area contributed by atoms with E-state index in [0.717, 1.165) is 10.9 Å². The van der Waals surface area contributed by atoms with E-state index in [4.69, 9.17) is 0 Å². The smallest absolute Gasteiger partial charge is 0.215 e. The van der Waals surface area contributed by atoms with E-state index in [0.29, 0.717) is 22.8 Å². The Bertz CT molecular complexity index is 992. The molecule has 0 saturated heterocycles. The van der Waals surface area contributed by atoms with Crippen molar-refractivity contribution >= 4 is 28.2 Å². The van der Waals surface area contributed by atoms with Crippen molar-refractivity contribution in [2.24, 2.45) is 0 Å². The Morgan fingerprint density at radius 1 is 1.14 bits per heavy atom. The van der Waals surface area contributed by atoms with Gasteiger partial charge in [-0.05, 0) is 36.8 Å². The predicted molar refractivity (Wildman–Crippen MR) is 82.7 cm³/mol. The zero-order chi connectivity index (χ0) is 15.1. The molecule has 4 aromatic rings. The summed E-state index contributed by atoms with van der Waals surface area (Å²) in [6, 6.07) is 12.7. The van der Waals surface area contributed by atoms with Crippen molar-refractivity contribution in [3.05, 3.63) is 60.2 Å². The average molecular weight is 293 g/mol. The van der Waals surface area contributed by atoms with Gasteiger partial charge >= 0.3 is 0 Å². The second kappa shape index (κ2) is 4.77. The molecule has 0 aliphatic heterocycles. The van der Waals surface area contributed by atoms with Crippen LogP contribution in [0.1, 0.15) is 5.56 Å². The fourth-order valence-electron chi connectivity index (χ4n) is 2.39. The van der Waals surface area contributed by atoms with Crippen LogP contribution < -0.4 is 5.32 Å². The molecule has 5 nitrogen and oxygen atoms in total. The Hall–Kier alpha value is -3.02. The van der Waals surface area contributed by atoms with Crippen molar-refractivity contribution < 1.29 is 4.39 Å². The Balaban J connectivity index is 1.89. The first-order chi connectivity index (χ1) is 10.7. The van der Waals surface area contributed by atoms with E-state index >= 15 is 0 Å². The second-order valence-electron chi connectivity index (χ2n) is 5.07. The van der Waals surface area contributed by atoms with Gasteiger partial charge in [0.15, 0.2) is 5.65 Å². The first kappa shape index (κ1) is 12.7. The molecule has 0 unspecified atom stereocenters. The lowest BCUT2D eigenvalue weighted by Gasteiger charge is -2.10. The summed E-state index contributed by atoms with van der Waals surface area (Å²) in [6.45, 7) is 1.73. The van der Waals surface area contributed by atoms with Gasteiger partial charge in [0, 0.05) is 11.1 Å². The molecule has 0 saturated carbocycles. The summed E-state index contributed by atoms with van der Waals surface area (Å²) in [5.41, 5.74) is 2.74. The summed E-state index contributed by atoms with van der Waals surface area (Å²) in [5.74, 6) is 0.285. The predicted octanol–water partition coefficient (Wildman–Crippen LogP) is 3.47. The van der Waals surface area contributed by atoms with Gasteiger partial charge < -0.3 is 5.32 Å². The van der Waals surface area contributed by atoms with Crippen LogP contribution >= 0.6 is 0 Å². The van der Waals surface area contributed by atoms with Crippen LogP contribution in [0, 0.1) is 12.7 Å². The molecule has 0 radical (unpaired) electrons. The zero-order valence-electron chi connectivity index (χ0n) is 11.8. The van der Waals surface area contributed by atoms with Crippen molar-refractivity contribution in [2.45, 2.75) is 6.92 Å². The number of para-hydroxylation sites is 1. The molecule has 2 aromatic carbocycles. The van der Waals surface area contributed by atoms with E-state index < -0.39 is 0 Å². The number of nitrogens with zero attached hydrogens (tertiary/aromatic N) is 4. The van der Waals surface area contributed by atoms with Gasteiger partial charge in [-0.2, -0.15) is 0 Å². The van der Waals surface area contributed by atoms with Crippen LogP contribution in [0.25, 0.3) is 16.6 Å². The maximum Gasteiger partial charge on any atom is 0.215 e. The van der Waals surface area contributed by atoms with Gasteiger partial charge in [-0.25, -0.2) is 9.37 Å². The molecule has 0 atom stereocenters. The number of aryl methyl sites for hydroxylation is 1. The Morgan fingerprint density at radius 3 is 2.86 bits per heavy atom. The highest BCUT2D eigenvalue weighted by molar-refractivity contribution is 5.92. The zero-order valence-corrected chi connectivity index (χ0v) is 11.8. The van der Waals surface area contributed by atoms with E-state index in [1.807, 2.05) is 30.3 Å². The van der Waals surface area contributed by atoms with Crippen LogP contribution in [0.15, 0.2) is 48.8 Å². The van der Waals surface area contributed by atoms with Gasteiger partial charge in [-0.1, -0.05) is 18.2 Å².